The molecule has 3 amide bonds. The first-order valence-electron chi connectivity index (χ1n) is 10.4. The van der Waals surface area contributed by atoms with Crippen molar-refractivity contribution in [3.05, 3.63) is 59.7 Å². The second kappa shape index (κ2) is 8.80. The molecular formula is C23H25N5O4. The van der Waals surface area contributed by atoms with E-state index in [1.54, 1.807) is 24.3 Å². The van der Waals surface area contributed by atoms with E-state index in [1.807, 2.05) is 31.2 Å². The summed E-state index contributed by atoms with van der Waals surface area (Å²) in [6.07, 6.45) is -1.39. The number of piperidine rings is 1. The summed E-state index contributed by atoms with van der Waals surface area (Å²) in [6.45, 7) is 3.44. The van der Waals surface area contributed by atoms with Crippen LogP contribution in [0.4, 0.5) is 11.4 Å². The van der Waals surface area contributed by atoms with Gasteiger partial charge in [-0.1, -0.05) is 17.7 Å². The maximum absolute atomic E-state index is 13.0. The van der Waals surface area contributed by atoms with Crippen LogP contribution in [0.2, 0.25) is 0 Å². The van der Waals surface area contributed by atoms with E-state index >= 15 is 0 Å². The molecule has 2 saturated heterocycles. The molecule has 2 heterocycles. The maximum Gasteiger partial charge on any atom is 0.229 e. The molecule has 9 heteroatoms. The summed E-state index contributed by atoms with van der Waals surface area (Å²) in [5.41, 5.74) is 2.94. The van der Waals surface area contributed by atoms with Crippen molar-refractivity contribution in [3.8, 4) is 0 Å². The number of amides is 3. The summed E-state index contributed by atoms with van der Waals surface area (Å²) in [6, 6.07) is 14.1. The number of ketones is 1. The fourth-order valence-electron chi connectivity index (χ4n) is 3.99. The Balaban J connectivity index is 1.46. The summed E-state index contributed by atoms with van der Waals surface area (Å²) in [4.78, 5) is 49.6. The molecular weight excluding hydrogens is 410 g/mol. The van der Waals surface area contributed by atoms with Gasteiger partial charge in [0.05, 0.1) is 18.0 Å². The molecule has 2 fully saturated rings. The third-order valence-electron chi connectivity index (χ3n) is 5.71. The lowest BCUT2D eigenvalue weighted by molar-refractivity contribution is -0.144. The third-order valence-corrected chi connectivity index (χ3v) is 5.71. The van der Waals surface area contributed by atoms with E-state index in [0.717, 1.165) is 11.3 Å². The summed E-state index contributed by atoms with van der Waals surface area (Å²) in [7, 11) is 0. The molecule has 32 heavy (non-hydrogen) atoms. The normalized spacial score (nSPS) is 24.6. The first kappa shape index (κ1) is 21.5. The van der Waals surface area contributed by atoms with Crippen molar-refractivity contribution >= 4 is 34.9 Å². The van der Waals surface area contributed by atoms with E-state index in [2.05, 4.69) is 26.6 Å². The summed E-state index contributed by atoms with van der Waals surface area (Å²) in [5.74, 6) is -2.74. The molecule has 0 aromatic heterocycles. The molecule has 0 saturated carbocycles. The molecule has 2 aliphatic heterocycles. The second-order valence-electron chi connectivity index (χ2n) is 8.12. The number of rotatable bonds is 5. The number of Topliss-reactive ketones (excluding diaryl/α,β-unsaturated/α-hetero) is 1. The Bertz CT molecular complexity index is 1050. The van der Waals surface area contributed by atoms with Crippen LogP contribution in [0, 0.1) is 18.8 Å². The predicted molar refractivity (Wildman–Crippen MR) is 118 cm³/mol. The van der Waals surface area contributed by atoms with Gasteiger partial charge in [-0.05, 0) is 50.2 Å². The minimum atomic E-state index is -0.839. The van der Waals surface area contributed by atoms with Gasteiger partial charge in [0.2, 0.25) is 17.7 Å². The fraction of sp³-hybridized carbons (Fsp3) is 0.304. The lowest BCUT2D eigenvalue weighted by Crippen LogP contribution is -2.72. The molecule has 4 unspecified atom stereocenters. The van der Waals surface area contributed by atoms with Crippen LogP contribution in [0.3, 0.4) is 0 Å². The molecule has 4 atom stereocenters. The van der Waals surface area contributed by atoms with E-state index in [0.29, 0.717) is 11.3 Å². The average Bonchev–Trinajstić information content (AvgIpc) is 2.75. The molecule has 4 rings (SSSR count). The van der Waals surface area contributed by atoms with E-state index in [-0.39, 0.29) is 24.0 Å². The van der Waals surface area contributed by atoms with Gasteiger partial charge in [0.1, 0.15) is 0 Å². The van der Waals surface area contributed by atoms with Crippen molar-refractivity contribution in [1.82, 2.24) is 16.0 Å². The highest BCUT2D eigenvalue weighted by Gasteiger charge is 2.48. The number of benzene rings is 2. The zero-order chi connectivity index (χ0) is 22.8. The largest absolute Gasteiger partial charge is 0.353 e. The van der Waals surface area contributed by atoms with Crippen molar-refractivity contribution in [3.63, 3.8) is 0 Å². The molecule has 2 aromatic rings. The van der Waals surface area contributed by atoms with E-state index in [4.69, 9.17) is 0 Å². The number of hydrogen-bond acceptors (Lipinski definition) is 6. The smallest absolute Gasteiger partial charge is 0.229 e. The van der Waals surface area contributed by atoms with Crippen molar-refractivity contribution in [1.29, 1.82) is 0 Å². The van der Waals surface area contributed by atoms with Crippen molar-refractivity contribution in [2.75, 3.05) is 10.6 Å². The zero-order valence-corrected chi connectivity index (χ0v) is 17.8. The number of hydrogen-bond donors (Lipinski definition) is 5. The highest BCUT2D eigenvalue weighted by Crippen LogP contribution is 2.28. The predicted octanol–water partition coefficient (Wildman–Crippen LogP) is 1.33. The van der Waals surface area contributed by atoms with E-state index in [1.165, 1.54) is 6.92 Å². The van der Waals surface area contributed by atoms with Crippen LogP contribution in [0.15, 0.2) is 48.5 Å². The standard InChI is InChI=1S/C23H25N5O4/c1-12-3-7-16(8-4-12)25-23-27-20-19(22(32)28-23)17(11-18(30)26-20)21(31)24-15-9-5-14(6-10-15)13(2)29/h3-10,17,19-20,23,25,27H,11H2,1-2H3,(H,24,31)(H,26,30)(H,28,32). The summed E-state index contributed by atoms with van der Waals surface area (Å²) in [5, 5.41) is 14.7. The molecule has 0 aliphatic carbocycles. The Labute approximate surface area is 185 Å². The van der Waals surface area contributed by atoms with Crippen LogP contribution in [0.1, 0.15) is 29.3 Å². The topological polar surface area (TPSA) is 128 Å². The molecule has 0 bridgehead atoms. The van der Waals surface area contributed by atoms with Crippen molar-refractivity contribution in [2.24, 2.45) is 11.8 Å². The molecule has 166 valence electrons. The number of nitrogens with one attached hydrogen (secondary N) is 5. The van der Waals surface area contributed by atoms with Gasteiger partial charge in [0.25, 0.3) is 0 Å². The lowest BCUT2D eigenvalue weighted by atomic mass is 9.81. The Morgan fingerprint density at radius 2 is 1.59 bits per heavy atom. The van der Waals surface area contributed by atoms with Gasteiger partial charge in [-0.3, -0.25) is 24.5 Å². The summed E-state index contributed by atoms with van der Waals surface area (Å²) >= 11 is 0. The fourth-order valence-corrected chi connectivity index (χ4v) is 3.99. The summed E-state index contributed by atoms with van der Waals surface area (Å²) < 4.78 is 0. The third kappa shape index (κ3) is 4.62. The number of carbonyl (C=O) groups is 4. The Hall–Kier alpha value is -3.72. The Kier molecular flexibility index (Phi) is 5.91. The quantitative estimate of drug-likeness (QED) is 0.451. The van der Waals surface area contributed by atoms with Crippen LogP contribution < -0.4 is 26.6 Å². The van der Waals surface area contributed by atoms with Crippen LogP contribution in [0.25, 0.3) is 0 Å². The average molecular weight is 435 g/mol. The van der Waals surface area contributed by atoms with Crippen LogP contribution in [0.5, 0.6) is 0 Å². The molecule has 5 N–H and O–H groups in total. The first-order chi connectivity index (χ1) is 15.3. The van der Waals surface area contributed by atoms with Crippen molar-refractivity contribution < 1.29 is 19.2 Å². The molecule has 0 radical (unpaired) electrons. The van der Waals surface area contributed by atoms with Crippen LogP contribution >= 0.6 is 0 Å². The van der Waals surface area contributed by atoms with Gasteiger partial charge in [-0.25, -0.2) is 0 Å². The van der Waals surface area contributed by atoms with E-state index in [9.17, 15) is 19.2 Å². The molecule has 9 nitrogen and oxygen atoms in total. The number of aryl methyl sites for hydroxylation is 1. The molecule has 2 aliphatic rings. The lowest BCUT2D eigenvalue weighted by Gasteiger charge is -2.43. The van der Waals surface area contributed by atoms with Crippen LogP contribution in [-0.4, -0.2) is 36.0 Å². The van der Waals surface area contributed by atoms with Crippen LogP contribution in [-0.2, 0) is 14.4 Å². The van der Waals surface area contributed by atoms with Gasteiger partial charge in [-0.2, -0.15) is 0 Å². The second-order valence-corrected chi connectivity index (χ2v) is 8.12. The number of anilines is 2. The number of fused-ring (bicyclic) bond motifs is 1. The van der Waals surface area contributed by atoms with Gasteiger partial charge >= 0.3 is 0 Å². The molecule has 2 aromatic carbocycles. The zero-order valence-electron chi connectivity index (χ0n) is 17.8. The minimum absolute atomic E-state index is 0.0755. The monoisotopic (exact) mass is 435 g/mol. The Morgan fingerprint density at radius 3 is 2.25 bits per heavy atom. The number of carbonyl (C=O) groups excluding carboxylic acids is 4. The highest BCUT2D eigenvalue weighted by molar-refractivity contribution is 6.00. The highest BCUT2D eigenvalue weighted by atomic mass is 16.2. The SMILES string of the molecule is CC(=O)c1ccc(NC(=O)C2CC(=O)NC3NC(Nc4ccc(C)cc4)NC(=O)C32)cc1. The minimum Gasteiger partial charge on any atom is -0.353 e. The Morgan fingerprint density at radius 1 is 0.938 bits per heavy atom. The first-order valence-corrected chi connectivity index (χ1v) is 10.4. The van der Waals surface area contributed by atoms with Gasteiger partial charge in [0.15, 0.2) is 12.1 Å². The molecule has 0 spiro atoms. The van der Waals surface area contributed by atoms with Gasteiger partial charge < -0.3 is 21.3 Å². The maximum atomic E-state index is 13.0. The van der Waals surface area contributed by atoms with E-state index < -0.39 is 30.2 Å². The van der Waals surface area contributed by atoms with Gasteiger partial charge in [-0.15, -0.1) is 0 Å². The van der Waals surface area contributed by atoms with Gasteiger partial charge in [0, 0.05) is 23.4 Å². The van der Waals surface area contributed by atoms with Crippen molar-refractivity contribution in [2.45, 2.75) is 32.7 Å².